The van der Waals surface area contributed by atoms with Gasteiger partial charge in [0.15, 0.2) is 20.1 Å². The van der Waals surface area contributed by atoms with E-state index in [0.29, 0.717) is 16.9 Å². The Morgan fingerprint density at radius 2 is 1.86 bits per heavy atom. The van der Waals surface area contributed by atoms with Crippen LogP contribution in [0, 0.1) is 11.0 Å². The molecule has 1 amide bonds. The molecule has 10 heteroatoms. The van der Waals surface area contributed by atoms with Gasteiger partial charge in [-0.2, -0.15) is 4.39 Å². The number of alkyl halides is 2. The molecule has 1 aliphatic rings. The fourth-order valence-electron chi connectivity index (χ4n) is 3.40. The van der Waals surface area contributed by atoms with Gasteiger partial charge in [0.2, 0.25) is 5.91 Å². The Morgan fingerprint density at radius 3 is 2.36 bits per heavy atom. The van der Waals surface area contributed by atoms with E-state index < -0.39 is 39.1 Å². The molecule has 2 unspecified atom stereocenters. The first-order valence-corrected chi connectivity index (χ1v) is 11.3. The molecular weight excluding hydrogens is 413 g/mol. The molecule has 5 nitrogen and oxygen atoms in total. The van der Waals surface area contributed by atoms with E-state index in [1.165, 1.54) is 24.3 Å². The molecule has 3 atom stereocenters. The lowest BCUT2D eigenvalue weighted by atomic mass is 9.87. The van der Waals surface area contributed by atoms with Gasteiger partial charge in [0.05, 0.1) is 17.0 Å². The largest absolute Gasteiger partial charge is 0.301 e. The van der Waals surface area contributed by atoms with Crippen molar-refractivity contribution in [3.05, 3.63) is 41.2 Å². The molecule has 1 N–H and O–H groups in total. The summed E-state index contributed by atoms with van der Waals surface area (Å²) >= 11 is 0.669. The van der Waals surface area contributed by atoms with E-state index in [-0.39, 0.29) is 35.2 Å². The molecule has 0 saturated heterocycles. The number of carbonyl (C=O) groups excluding carboxylic acids is 1. The molecule has 0 bridgehead atoms. The monoisotopic (exact) mass is 432 g/mol. The summed E-state index contributed by atoms with van der Waals surface area (Å²) in [4.78, 5) is 16.6. The number of sulfone groups is 1. The van der Waals surface area contributed by atoms with Crippen molar-refractivity contribution in [1.82, 2.24) is 4.98 Å². The highest BCUT2D eigenvalue weighted by molar-refractivity contribution is 7.90. The Kier molecular flexibility index (Phi) is 6.09. The quantitative estimate of drug-likeness (QED) is 0.752. The number of amides is 1. The van der Waals surface area contributed by atoms with Crippen LogP contribution in [-0.2, 0) is 14.6 Å². The molecule has 1 saturated carbocycles. The number of carbonyl (C=O) groups is 1. The first kappa shape index (κ1) is 20.8. The van der Waals surface area contributed by atoms with Crippen LogP contribution in [0.25, 0.3) is 0 Å². The number of benzene rings is 1. The summed E-state index contributed by atoms with van der Waals surface area (Å²) in [5, 5.41) is 2.05. The minimum Gasteiger partial charge on any atom is -0.301 e. The number of halogens is 3. The second-order valence-corrected chi connectivity index (χ2v) is 9.95. The summed E-state index contributed by atoms with van der Waals surface area (Å²) in [5.41, 5.74) is 0.514. The van der Waals surface area contributed by atoms with Crippen molar-refractivity contribution in [2.45, 2.75) is 42.4 Å². The predicted molar refractivity (Wildman–Crippen MR) is 100 cm³/mol. The van der Waals surface area contributed by atoms with Gasteiger partial charge >= 0.3 is 0 Å². The van der Waals surface area contributed by atoms with Gasteiger partial charge in [-0.3, -0.25) is 4.79 Å². The third-order valence-electron chi connectivity index (χ3n) is 4.81. The molecule has 1 aromatic carbocycles. The maximum Gasteiger partial charge on any atom is 0.233 e. The Balaban J connectivity index is 1.84. The highest BCUT2D eigenvalue weighted by atomic mass is 32.2. The Bertz CT molecular complexity index is 937. The Hall–Kier alpha value is -1.94. The molecule has 3 rings (SSSR count). The highest BCUT2D eigenvalue weighted by Gasteiger charge is 2.37. The maximum atomic E-state index is 13.6. The molecule has 1 aliphatic carbocycles. The summed E-state index contributed by atoms with van der Waals surface area (Å²) in [6.07, 6.45) is -0.794. The van der Waals surface area contributed by atoms with Crippen molar-refractivity contribution in [2.75, 3.05) is 11.6 Å². The molecule has 28 heavy (non-hydrogen) atoms. The molecule has 1 aromatic heterocycles. The summed E-state index contributed by atoms with van der Waals surface area (Å²) in [7, 11) is -3.40. The summed E-state index contributed by atoms with van der Waals surface area (Å²) in [5.74, 6) is -1.59. The summed E-state index contributed by atoms with van der Waals surface area (Å²) in [6, 6.07) is 5.80. The lowest BCUT2D eigenvalue weighted by Gasteiger charge is -2.20. The van der Waals surface area contributed by atoms with E-state index >= 15 is 0 Å². The second kappa shape index (κ2) is 8.20. The summed E-state index contributed by atoms with van der Waals surface area (Å²) < 4.78 is 63.5. The van der Waals surface area contributed by atoms with Crippen LogP contribution < -0.4 is 5.32 Å². The number of thiazole rings is 1. The lowest BCUT2D eigenvalue weighted by Crippen LogP contribution is -2.23. The van der Waals surface area contributed by atoms with Crippen LogP contribution in [0.1, 0.15) is 30.7 Å². The van der Waals surface area contributed by atoms with Crippen molar-refractivity contribution in [3.63, 3.8) is 0 Å². The third-order valence-corrected chi connectivity index (χ3v) is 6.64. The zero-order valence-corrected chi connectivity index (χ0v) is 16.6. The van der Waals surface area contributed by atoms with Gasteiger partial charge in [-0.15, -0.1) is 0 Å². The fourth-order valence-corrected chi connectivity index (χ4v) is 4.58. The second-order valence-electron chi connectivity index (χ2n) is 6.96. The van der Waals surface area contributed by atoms with Crippen LogP contribution in [0.3, 0.4) is 0 Å². The zero-order chi connectivity index (χ0) is 20.5. The molecule has 0 radical (unpaired) electrons. The van der Waals surface area contributed by atoms with E-state index in [0.717, 1.165) is 12.5 Å². The van der Waals surface area contributed by atoms with E-state index in [4.69, 9.17) is 0 Å². The molecular formula is C18H19F3N2O3S2. The van der Waals surface area contributed by atoms with Crippen molar-refractivity contribution in [3.8, 4) is 0 Å². The highest BCUT2D eigenvalue weighted by Crippen LogP contribution is 2.38. The van der Waals surface area contributed by atoms with Crippen molar-refractivity contribution in [2.24, 2.45) is 5.92 Å². The zero-order valence-electron chi connectivity index (χ0n) is 14.9. The normalized spacial score (nSPS) is 23.5. The topological polar surface area (TPSA) is 76.1 Å². The number of hydrogen-bond acceptors (Lipinski definition) is 5. The maximum absolute atomic E-state index is 13.6. The average Bonchev–Trinajstić information content (AvgIpc) is 3.17. The van der Waals surface area contributed by atoms with E-state index in [2.05, 4.69) is 10.3 Å². The van der Waals surface area contributed by atoms with Gasteiger partial charge in [-0.05, 0) is 42.9 Å². The number of nitrogens with one attached hydrogen (secondary N) is 1. The molecule has 2 aromatic rings. The number of aromatic nitrogens is 1. The van der Waals surface area contributed by atoms with Crippen molar-refractivity contribution < 1.29 is 26.4 Å². The SMILES string of the molecule is CS(=O)(=O)c1ccc([C@@H](CC2CC(F)C(F)C2)C(=O)Nc2ncc(F)s2)cc1. The minimum absolute atomic E-state index is 0.0260. The van der Waals surface area contributed by atoms with Gasteiger partial charge in [0.1, 0.15) is 12.3 Å². The van der Waals surface area contributed by atoms with Crippen LogP contribution in [-0.4, -0.2) is 37.9 Å². The van der Waals surface area contributed by atoms with E-state index in [1.54, 1.807) is 0 Å². The van der Waals surface area contributed by atoms with Gasteiger partial charge in [0.25, 0.3) is 0 Å². The molecule has 0 aliphatic heterocycles. The van der Waals surface area contributed by atoms with Gasteiger partial charge in [0, 0.05) is 6.26 Å². The van der Waals surface area contributed by atoms with Crippen LogP contribution in [0.4, 0.5) is 18.3 Å². The first-order chi connectivity index (χ1) is 13.1. The molecule has 0 spiro atoms. The van der Waals surface area contributed by atoms with Crippen molar-refractivity contribution in [1.29, 1.82) is 0 Å². The number of anilines is 1. The van der Waals surface area contributed by atoms with Crippen LogP contribution in [0.5, 0.6) is 0 Å². The fraction of sp³-hybridized carbons (Fsp3) is 0.444. The third kappa shape index (κ3) is 4.91. The van der Waals surface area contributed by atoms with Crippen LogP contribution >= 0.6 is 11.3 Å². The minimum atomic E-state index is -3.40. The average molecular weight is 432 g/mol. The Morgan fingerprint density at radius 1 is 1.25 bits per heavy atom. The molecule has 1 fully saturated rings. The van der Waals surface area contributed by atoms with Crippen LogP contribution in [0.2, 0.25) is 0 Å². The summed E-state index contributed by atoms with van der Waals surface area (Å²) in [6.45, 7) is 0. The number of rotatable bonds is 6. The molecule has 1 heterocycles. The lowest BCUT2D eigenvalue weighted by molar-refractivity contribution is -0.118. The number of nitrogens with zero attached hydrogens (tertiary/aromatic N) is 1. The smallest absolute Gasteiger partial charge is 0.233 e. The number of hydrogen-bond donors (Lipinski definition) is 1. The van der Waals surface area contributed by atoms with E-state index in [1.807, 2.05) is 0 Å². The van der Waals surface area contributed by atoms with Crippen molar-refractivity contribution >= 4 is 32.2 Å². The predicted octanol–water partition coefficient (Wildman–Crippen LogP) is 3.88. The molecule has 152 valence electrons. The Labute approximate surface area is 164 Å². The van der Waals surface area contributed by atoms with E-state index in [9.17, 15) is 26.4 Å². The van der Waals surface area contributed by atoms with Crippen LogP contribution in [0.15, 0.2) is 35.4 Å². The van der Waals surface area contributed by atoms with Gasteiger partial charge in [-0.1, -0.05) is 23.5 Å². The van der Waals surface area contributed by atoms with Gasteiger partial charge < -0.3 is 5.32 Å². The standard InChI is InChI=1S/C18H19F3N2O3S2/c1-28(25,26)12-4-2-11(3-5-12)13(6-10-7-14(19)15(20)8-10)17(24)23-18-22-9-16(21)27-18/h2-5,9-10,13-15H,6-8H2,1H3,(H,22,23,24)/t10?,13-,14?,15?/m1/s1. The first-order valence-electron chi connectivity index (χ1n) is 8.64. The van der Waals surface area contributed by atoms with Gasteiger partial charge in [-0.25, -0.2) is 22.2 Å².